The fourth-order valence-corrected chi connectivity index (χ4v) is 17.1. The summed E-state index contributed by atoms with van der Waals surface area (Å²) in [6, 6.07) is 0. The van der Waals surface area contributed by atoms with Crippen LogP contribution < -0.4 is 0 Å². The maximum absolute atomic E-state index is 12.0. The first kappa shape index (κ1) is 61.6. The van der Waals surface area contributed by atoms with Crippen LogP contribution in [0.2, 0.25) is 0 Å². The predicted molar refractivity (Wildman–Crippen MR) is 269 cm³/mol. The number of hydrogen-bond acceptors (Lipinski definition) is 26. The van der Waals surface area contributed by atoms with Crippen molar-refractivity contribution in [1.82, 2.24) is 0 Å². The van der Waals surface area contributed by atoms with E-state index in [1.165, 1.54) is 0 Å². The second-order valence-electron chi connectivity index (χ2n) is 26.2. The van der Waals surface area contributed by atoms with Gasteiger partial charge in [0.25, 0.3) is 0 Å². The largest absolute Gasteiger partial charge is 0.394 e. The highest BCUT2D eigenvalue weighted by Crippen LogP contribution is 2.71. The van der Waals surface area contributed by atoms with Gasteiger partial charge in [-0.25, -0.2) is 0 Å². The van der Waals surface area contributed by atoms with E-state index in [0.717, 1.165) is 58.0 Å². The minimum atomic E-state index is -2.04. The molecule has 1 spiro atoms. The van der Waals surface area contributed by atoms with Crippen molar-refractivity contribution in [3.8, 4) is 0 Å². The first-order valence-electron chi connectivity index (χ1n) is 29.7. The second kappa shape index (κ2) is 24.2. The van der Waals surface area contributed by atoms with E-state index in [9.17, 15) is 71.5 Å². The van der Waals surface area contributed by atoms with Gasteiger partial charge in [-0.2, -0.15) is 0 Å². The van der Waals surface area contributed by atoms with E-state index in [2.05, 4.69) is 27.7 Å². The van der Waals surface area contributed by atoms with Crippen molar-refractivity contribution in [2.75, 3.05) is 39.6 Å². The third kappa shape index (κ3) is 10.9. The van der Waals surface area contributed by atoms with Crippen LogP contribution >= 0.6 is 0 Å². The van der Waals surface area contributed by atoms with Gasteiger partial charge in [0, 0.05) is 12.3 Å². The molecule has 7 saturated heterocycles. The Labute approximate surface area is 470 Å². The van der Waals surface area contributed by atoms with Crippen molar-refractivity contribution in [3.05, 3.63) is 0 Å². The van der Waals surface area contributed by atoms with Crippen molar-refractivity contribution < 1.29 is 128 Å². The molecule has 0 aromatic rings. The van der Waals surface area contributed by atoms with E-state index in [1.807, 2.05) is 0 Å². The SMILES string of the molecule is C[C@@H]1CC[C@@]2(OC1)O[C@H]1C[C@H]3[C@@H]4CC[C@H]5C[C@@H](O[C@@H]6O[C@H](CO)[C@H](O[C@@H]7O[C@H](CO)[C@@H](O)[C@H](O[C@@H]8O[C@H](CO)[C@@H](O)[C@H](O)[C@H]8O)[C@H]7O[C@@H]7OC[C@@H](O)[C@H](O[C@@H]8OC[C@@H](O)[C@H](O)[C@H]8O)[C@H]7O)[C@H](O)[C@H]6O)CC[C@]5(C)[C@H]4CC[C@]3(C)[C@H]1[C@@H]2C. The molecule has 11 aliphatic rings. The van der Waals surface area contributed by atoms with Crippen molar-refractivity contribution in [2.45, 2.75) is 251 Å². The van der Waals surface area contributed by atoms with Crippen LogP contribution in [-0.2, 0) is 56.8 Å². The van der Waals surface area contributed by atoms with Gasteiger partial charge in [0.05, 0.1) is 51.8 Å². The standard InChI is InChI=1S/C55H90O26/c1-21-7-12-55(72-18-21)22(2)34-30(81-55)14-27-25-6-5-23-13-24(8-10-53(23,3)26(25)9-11-54(27,34)4)73-50-42(68)39(65)45(33(17-58)76-50)78-52-47(46(37(63)32(16-57)75-52)79-51-41(67)38(64)36(62)31(15-56)74-51)80-49-43(69)44(29(60)20-71-49)77-48-40(66)35(61)28(59)19-70-48/h21-52,56-69H,5-20H2,1-4H3/t21-,22+,23+,24+,25-,26+,27+,28-,29-,30+,31-,32-,33-,34+,35+,36-,37-,38+,39-,40-,41-,42-,43-,44+,45+,46+,47-,48+,49+,50-,51+,52+,53+,54+,55-/m1/s1. The van der Waals surface area contributed by atoms with Gasteiger partial charge >= 0.3 is 0 Å². The molecule has 0 bridgehead atoms. The molecule has 11 rings (SSSR count). The molecule has 35 atom stereocenters. The third-order valence-corrected chi connectivity index (χ3v) is 21.7. The lowest BCUT2D eigenvalue weighted by atomic mass is 9.44. The molecule has 0 radical (unpaired) electrons. The van der Waals surface area contributed by atoms with E-state index in [-0.39, 0.29) is 23.0 Å². The zero-order valence-corrected chi connectivity index (χ0v) is 46.4. The third-order valence-electron chi connectivity index (χ3n) is 21.7. The highest BCUT2D eigenvalue weighted by atomic mass is 16.8. The van der Waals surface area contributed by atoms with Crippen LogP contribution in [0.15, 0.2) is 0 Å². The van der Waals surface area contributed by atoms with Gasteiger partial charge in [-0.05, 0) is 104 Å². The topological polar surface area (TPSA) is 394 Å². The Morgan fingerprint density at radius 3 is 1.75 bits per heavy atom. The molecule has 4 aliphatic carbocycles. The summed E-state index contributed by atoms with van der Waals surface area (Å²) in [6.45, 7) is 6.63. The summed E-state index contributed by atoms with van der Waals surface area (Å²) in [5, 5.41) is 153. The molecule has 0 aromatic heterocycles. The number of ether oxygens (including phenoxy) is 12. The normalized spacial score (nSPS) is 57.6. The van der Waals surface area contributed by atoms with E-state index < -0.39 is 180 Å². The van der Waals surface area contributed by atoms with Gasteiger partial charge in [-0.1, -0.05) is 27.7 Å². The quantitative estimate of drug-likeness (QED) is 0.0786. The van der Waals surface area contributed by atoms with Crippen molar-refractivity contribution in [2.24, 2.45) is 52.3 Å². The van der Waals surface area contributed by atoms with Crippen LogP contribution in [0.5, 0.6) is 0 Å². The van der Waals surface area contributed by atoms with Crippen LogP contribution in [0.1, 0.15) is 91.9 Å². The van der Waals surface area contributed by atoms with Crippen LogP contribution in [0.25, 0.3) is 0 Å². The molecule has 81 heavy (non-hydrogen) atoms. The summed E-state index contributed by atoms with van der Waals surface area (Å²) in [4.78, 5) is 0. The van der Waals surface area contributed by atoms with E-state index >= 15 is 0 Å². The molecule has 14 N–H and O–H groups in total. The maximum atomic E-state index is 12.0. The Morgan fingerprint density at radius 2 is 1.05 bits per heavy atom. The summed E-state index contributed by atoms with van der Waals surface area (Å²) in [5.41, 5.74) is 0.241. The minimum Gasteiger partial charge on any atom is -0.394 e. The number of aliphatic hydroxyl groups is 14. The smallest absolute Gasteiger partial charge is 0.187 e. The Balaban J connectivity index is 0.776. The monoisotopic (exact) mass is 1170 g/mol. The van der Waals surface area contributed by atoms with E-state index in [4.69, 9.17) is 56.8 Å². The van der Waals surface area contributed by atoms with E-state index in [0.29, 0.717) is 54.3 Å². The molecule has 0 amide bonds. The lowest BCUT2D eigenvalue weighted by molar-refractivity contribution is -0.406. The van der Waals surface area contributed by atoms with Crippen molar-refractivity contribution >= 4 is 0 Å². The molecule has 26 heteroatoms. The van der Waals surface area contributed by atoms with E-state index in [1.54, 1.807) is 0 Å². The van der Waals surface area contributed by atoms with Crippen LogP contribution in [0.4, 0.5) is 0 Å². The zero-order valence-electron chi connectivity index (χ0n) is 46.4. The molecule has 11 fully saturated rings. The second-order valence-corrected chi connectivity index (χ2v) is 26.2. The molecule has 7 heterocycles. The maximum Gasteiger partial charge on any atom is 0.187 e. The van der Waals surface area contributed by atoms with Gasteiger partial charge in [0.2, 0.25) is 0 Å². The molecule has 466 valence electrons. The highest BCUT2D eigenvalue weighted by Gasteiger charge is 2.69. The number of rotatable bonds is 13. The van der Waals surface area contributed by atoms with Crippen LogP contribution in [-0.4, -0.2) is 270 Å². The number of fused-ring (bicyclic) bond motifs is 7. The molecular weight excluding hydrogens is 1080 g/mol. The summed E-state index contributed by atoms with van der Waals surface area (Å²) < 4.78 is 73.3. The molecule has 0 unspecified atom stereocenters. The lowest BCUT2D eigenvalue weighted by Crippen LogP contribution is -2.68. The van der Waals surface area contributed by atoms with Crippen molar-refractivity contribution in [1.29, 1.82) is 0 Å². The average Bonchev–Trinajstić information content (AvgIpc) is 3.77. The summed E-state index contributed by atoms with van der Waals surface area (Å²) in [6.07, 6.45) is -31.2. The van der Waals surface area contributed by atoms with Gasteiger partial charge in [-0.15, -0.1) is 0 Å². The fraction of sp³-hybridized carbons (Fsp3) is 1.00. The van der Waals surface area contributed by atoms with Crippen LogP contribution in [0.3, 0.4) is 0 Å². The minimum absolute atomic E-state index is 0.0615. The zero-order chi connectivity index (χ0) is 57.8. The summed E-state index contributed by atoms with van der Waals surface area (Å²) >= 11 is 0. The fourth-order valence-electron chi connectivity index (χ4n) is 17.1. The Kier molecular flexibility index (Phi) is 18.4. The number of aliphatic hydroxyl groups excluding tert-OH is 14. The van der Waals surface area contributed by atoms with Gasteiger partial charge < -0.3 is 128 Å². The lowest BCUT2D eigenvalue weighted by Gasteiger charge is -2.61. The highest BCUT2D eigenvalue weighted by molar-refractivity contribution is 5.16. The molecule has 0 aromatic carbocycles. The van der Waals surface area contributed by atoms with Crippen molar-refractivity contribution in [3.63, 3.8) is 0 Å². The first-order valence-corrected chi connectivity index (χ1v) is 29.7. The molecule has 7 aliphatic heterocycles. The average molecular weight is 1170 g/mol. The van der Waals surface area contributed by atoms with Gasteiger partial charge in [0.1, 0.15) is 110 Å². The summed E-state index contributed by atoms with van der Waals surface area (Å²) in [5.74, 6) is 2.89. The predicted octanol–water partition coefficient (Wildman–Crippen LogP) is -3.81. The molecular formula is C55H90O26. The molecule has 26 nitrogen and oxygen atoms in total. The Hall–Kier alpha value is -1.04. The van der Waals surface area contributed by atoms with Crippen LogP contribution in [0, 0.1) is 52.3 Å². The Morgan fingerprint density at radius 1 is 0.457 bits per heavy atom. The van der Waals surface area contributed by atoms with Gasteiger partial charge in [0.15, 0.2) is 37.2 Å². The first-order chi connectivity index (χ1) is 38.6. The number of hydrogen-bond donors (Lipinski definition) is 14. The summed E-state index contributed by atoms with van der Waals surface area (Å²) in [7, 11) is 0. The molecule has 4 saturated carbocycles. The Bertz CT molecular complexity index is 2090. The van der Waals surface area contributed by atoms with Gasteiger partial charge in [-0.3, -0.25) is 0 Å².